The van der Waals surface area contributed by atoms with Gasteiger partial charge in [0.15, 0.2) is 0 Å². The molecule has 0 spiro atoms. The van der Waals surface area contributed by atoms with Crippen LogP contribution in [0.1, 0.15) is 40.0 Å². The molecule has 1 rings (SSSR count). The van der Waals surface area contributed by atoms with Crippen molar-refractivity contribution in [1.82, 2.24) is 0 Å². The Labute approximate surface area is 117 Å². The van der Waals surface area contributed by atoms with Crippen LogP contribution in [0.15, 0.2) is 64.2 Å². The predicted octanol–water partition coefficient (Wildman–Crippen LogP) is 5.19. The van der Waals surface area contributed by atoms with Crippen LogP contribution in [0.5, 0.6) is 0 Å². The zero-order chi connectivity index (χ0) is 13.9. The molecule has 0 atom stereocenters. The van der Waals surface area contributed by atoms with Gasteiger partial charge in [0.1, 0.15) is 0 Å². The van der Waals surface area contributed by atoms with E-state index in [1.54, 1.807) is 0 Å². The van der Waals surface area contributed by atoms with Crippen LogP contribution in [-0.2, 0) is 0 Å². The van der Waals surface area contributed by atoms with Gasteiger partial charge in [-0.2, -0.15) is 0 Å². The first-order chi connectivity index (χ1) is 9.22. The van der Waals surface area contributed by atoms with Crippen molar-refractivity contribution in [2.24, 2.45) is 4.99 Å². The van der Waals surface area contributed by atoms with E-state index in [1.807, 2.05) is 6.21 Å². The summed E-state index contributed by atoms with van der Waals surface area (Å²) in [6.07, 6.45) is 20.4. The van der Waals surface area contributed by atoms with Gasteiger partial charge >= 0.3 is 0 Å². The van der Waals surface area contributed by atoms with Crippen LogP contribution in [0.3, 0.4) is 0 Å². The van der Waals surface area contributed by atoms with Crippen LogP contribution in [0.2, 0.25) is 0 Å². The van der Waals surface area contributed by atoms with E-state index in [1.165, 1.54) is 16.7 Å². The number of hydrogen-bond donors (Lipinski definition) is 0. The average molecular weight is 255 g/mol. The fraction of sp³-hybridized carbons (Fsp3) is 0.389. The van der Waals surface area contributed by atoms with E-state index in [0.29, 0.717) is 0 Å². The standard InChI is InChI=1S/C18H25N/c1-4-5-6-7-8-12-19-15-18-11-9-10-17(14-18)13-16(2)3/h5-8,11,13-15H,4,9-10,12H2,1-3H3/b6-5-,8-7-,19-15-. The van der Waals surface area contributed by atoms with E-state index in [-0.39, 0.29) is 0 Å². The third kappa shape index (κ3) is 7.40. The van der Waals surface area contributed by atoms with E-state index in [0.717, 1.165) is 25.8 Å². The van der Waals surface area contributed by atoms with Crippen molar-refractivity contribution in [2.75, 3.05) is 6.54 Å². The maximum atomic E-state index is 4.43. The Morgan fingerprint density at radius 3 is 2.79 bits per heavy atom. The van der Waals surface area contributed by atoms with Gasteiger partial charge in [-0.15, -0.1) is 0 Å². The molecule has 0 amide bonds. The Morgan fingerprint density at radius 2 is 2.05 bits per heavy atom. The Hall–Kier alpha value is -1.63. The number of rotatable bonds is 6. The van der Waals surface area contributed by atoms with Gasteiger partial charge in [0.05, 0.1) is 6.54 Å². The summed E-state index contributed by atoms with van der Waals surface area (Å²) in [5.41, 5.74) is 4.00. The lowest BCUT2D eigenvalue weighted by Crippen LogP contribution is -1.92. The molecule has 0 aromatic carbocycles. The van der Waals surface area contributed by atoms with Gasteiger partial charge in [-0.25, -0.2) is 0 Å². The van der Waals surface area contributed by atoms with Gasteiger partial charge < -0.3 is 0 Å². The minimum Gasteiger partial charge on any atom is -0.288 e. The molecule has 1 aliphatic carbocycles. The first kappa shape index (κ1) is 15.4. The van der Waals surface area contributed by atoms with Gasteiger partial charge in [0.2, 0.25) is 0 Å². The molecule has 102 valence electrons. The maximum Gasteiger partial charge on any atom is 0.0573 e. The summed E-state index contributed by atoms with van der Waals surface area (Å²) in [6.45, 7) is 7.16. The fourth-order valence-corrected chi connectivity index (χ4v) is 1.90. The highest BCUT2D eigenvalue weighted by molar-refractivity contribution is 5.83. The monoisotopic (exact) mass is 255 g/mol. The fourth-order valence-electron chi connectivity index (χ4n) is 1.90. The maximum absolute atomic E-state index is 4.43. The molecule has 0 aliphatic heterocycles. The molecule has 1 nitrogen and oxygen atoms in total. The molecule has 0 saturated heterocycles. The van der Waals surface area contributed by atoms with Gasteiger partial charge in [0.25, 0.3) is 0 Å². The van der Waals surface area contributed by atoms with Crippen molar-refractivity contribution in [3.63, 3.8) is 0 Å². The largest absolute Gasteiger partial charge is 0.288 e. The topological polar surface area (TPSA) is 12.4 Å². The molecule has 0 N–H and O–H groups in total. The Bertz CT molecular complexity index is 438. The van der Waals surface area contributed by atoms with Crippen molar-refractivity contribution < 1.29 is 0 Å². The Balaban J connectivity index is 2.46. The molecular weight excluding hydrogens is 230 g/mol. The molecule has 0 fully saturated rings. The van der Waals surface area contributed by atoms with Crippen LogP contribution in [-0.4, -0.2) is 12.8 Å². The molecule has 0 saturated carbocycles. The second-order valence-electron chi connectivity index (χ2n) is 4.94. The summed E-state index contributed by atoms with van der Waals surface area (Å²) in [4.78, 5) is 4.43. The Morgan fingerprint density at radius 1 is 1.26 bits per heavy atom. The first-order valence-corrected chi connectivity index (χ1v) is 7.09. The molecular formula is C18H25N. The van der Waals surface area contributed by atoms with Gasteiger partial charge in [-0.1, -0.05) is 55.0 Å². The summed E-state index contributed by atoms with van der Waals surface area (Å²) >= 11 is 0. The zero-order valence-electron chi connectivity index (χ0n) is 12.4. The molecule has 1 heteroatoms. The second-order valence-corrected chi connectivity index (χ2v) is 4.94. The summed E-state index contributed by atoms with van der Waals surface area (Å²) in [5, 5.41) is 0. The van der Waals surface area contributed by atoms with E-state index < -0.39 is 0 Å². The molecule has 0 aromatic rings. The van der Waals surface area contributed by atoms with Crippen LogP contribution < -0.4 is 0 Å². The van der Waals surface area contributed by atoms with Crippen molar-refractivity contribution in [3.8, 4) is 0 Å². The quantitative estimate of drug-likeness (QED) is 0.457. The minimum atomic E-state index is 0.747. The zero-order valence-corrected chi connectivity index (χ0v) is 12.4. The van der Waals surface area contributed by atoms with Crippen LogP contribution in [0.4, 0.5) is 0 Å². The molecule has 0 heterocycles. The highest BCUT2D eigenvalue weighted by Crippen LogP contribution is 2.18. The molecule has 1 aliphatic rings. The number of nitrogens with zero attached hydrogens (tertiary/aromatic N) is 1. The molecule has 19 heavy (non-hydrogen) atoms. The van der Waals surface area contributed by atoms with E-state index in [2.05, 4.69) is 68.3 Å². The van der Waals surface area contributed by atoms with Crippen molar-refractivity contribution in [1.29, 1.82) is 0 Å². The van der Waals surface area contributed by atoms with Crippen LogP contribution in [0, 0.1) is 0 Å². The number of hydrogen-bond acceptors (Lipinski definition) is 1. The highest BCUT2D eigenvalue weighted by Gasteiger charge is 2.01. The van der Waals surface area contributed by atoms with Gasteiger partial charge in [0, 0.05) is 6.21 Å². The molecule has 0 unspecified atom stereocenters. The van der Waals surface area contributed by atoms with Gasteiger partial charge in [-0.3, -0.25) is 4.99 Å². The normalized spacial score (nSPS) is 16.2. The average Bonchev–Trinajstić information content (AvgIpc) is 2.37. The van der Waals surface area contributed by atoms with Crippen molar-refractivity contribution in [3.05, 3.63) is 59.3 Å². The van der Waals surface area contributed by atoms with Crippen molar-refractivity contribution in [2.45, 2.75) is 40.0 Å². The second kappa shape index (κ2) is 9.32. The lowest BCUT2D eigenvalue weighted by atomic mass is 9.98. The third-order valence-electron chi connectivity index (χ3n) is 2.71. The number of aliphatic imine (C=N–C) groups is 1. The summed E-state index contributed by atoms with van der Waals surface area (Å²) in [5.74, 6) is 0. The lowest BCUT2D eigenvalue weighted by Gasteiger charge is -2.08. The van der Waals surface area contributed by atoms with E-state index in [9.17, 15) is 0 Å². The Kier molecular flexibility index (Phi) is 7.57. The highest BCUT2D eigenvalue weighted by atomic mass is 14.7. The van der Waals surface area contributed by atoms with Gasteiger partial charge in [-0.05, 0) is 44.3 Å². The predicted molar refractivity (Wildman–Crippen MR) is 86.8 cm³/mol. The molecule has 0 bridgehead atoms. The van der Waals surface area contributed by atoms with Crippen LogP contribution >= 0.6 is 0 Å². The van der Waals surface area contributed by atoms with Crippen molar-refractivity contribution >= 4 is 6.21 Å². The van der Waals surface area contributed by atoms with E-state index in [4.69, 9.17) is 0 Å². The smallest absolute Gasteiger partial charge is 0.0573 e. The lowest BCUT2D eigenvalue weighted by molar-refractivity contribution is 0.980. The minimum absolute atomic E-state index is 0.747. The molecule has 0 radical (unpaired) electrons. The number of allylic oxidation sites excluding steroid dienone is 9. The first-order valence-electron chi connectivity index (χ1n) is 7.09. The summed E-state index contributed by atoms with van der Waals surface area (Å²) < 4.78 is 0. The van der Waals surface area contributed by atoms with Crippen LogP contribution in [0.25, 0.3) is 0 Å². The summed E-state index contributed by atoms with van der Waals surface area (Å²) in [7, 11) is 0. The SMILES string of the molecule is CC/C=C\C=C/C/N=C\C1=CCCC(C=C(C)C)=C1. The van der Waals surface area contributed by atoms with E-state index >= 15 is 0 Å². The summed E-state index contributed by atoms with van der Waals surface area (Å²) in [6, 6.07) is 0. The third-order valence-corrected chi connectivity index (χ3v) is 2.71. The molecule has 0 aromatic heterocycles.